The van der Waals surface area contributed by atoms with Gasteiger partial charge in [-0.15, -0.1) is 0 Å². The first-order chi connectivity index (χ1) is 35.4. The van der Waals surface area contributed by atoms with Gasteiger partial charge in [0, 0.05) is 6.61 Å². The number of aliphatic hydroxyl groups excluding tert-OH is 7. The van der Waals surface area contributed by atoms with Gasteiger partial charge in [-0.3, -0.25) is 0 Å². The Morgan fingerprint density at radius 3 is 0.795 bits per heavy atom. The number of carbonyl (C=O) groups excluding carboxylic acids is 4. The minimum atomic E-state index is -0.832. The van der Waals surface area contributed by atoms with E-state index in [1.807, 2.05) is 72.8 Å². The van der Waals surface area contributed by atoms with Gasteiger partial charge in [0.25, 0.3) is 0 Å². The summed E-state index contributed by atoms with van der Waals surface area (Å²) in [7, 11) is 0. The average molecular weight is 1010 g/mol. The van der Waals surface area contributed by atoms with Crippen LogP contribution in [0.4, 0.5) is 0 Å². The highest BCUT2D eigenvalue weighted by atomic mass is 16.5. The molecule has 0 spiro atoms. The molecule has 3 atom stereocenters. The van der Waals surface area contributed by atoms with Crippen molar-refractivity contribution in [3.63, 3.8) is 0 Å². The third-order valence-corrected chi connectivity index (χ3v) is 12.2. The van der Waals surface area contributed by atoms with Crippen LogP contribution in [0.25, 0.3) is 44.5 Å². The second kappa shape index (κ2) is 31.3. The second-order valence-electron chi connectivity index (χ2n) is 18.0. The first-order valence-electron chi connectivity index (χ1n) is 25.2. The molecule has 0 radical (unpaired) electrons. The van der Waals surface area contributed by atoms with Gasteiger partial charge in [0.05, 0.1) is 86.8 Å². The van der Waals surface area contributed by atoms with E-state index in [4.69, 9.17) is 39.4 Å². The summed E-state index contributed by atoms with van der Waals surface area (Å²) in [5, 5.41) is 65.1. The highest BCUT2D eigenvalue weighted by Gasteiger charge is 2.19. The van der Waals surface area contributed by atoms with Crippen molar-refractivity contribution in [2.45, 2.75) is 102 Å². The number of hydrogen-bond donors (Lipinski definition) is 7. The summed E-state index contributed by atoms with van der Waals surface area (Å²) in [6.45, 7) is -0.414. The summed E-state index contributed by atoms with van der Waals surface area (Å²) in [5.41, 5.74) is 7.19. The summed E-state index contributed by atoms with van der Waals surface area (Å²) >= 11 is 0. The molecule has 73 heavy (non-hydrogen) atoms. The molecule has 0 aliphatic carbocycles. The molecule has 15 heteroatoms. The van der Waals surface area contributed by atoms with Gasteiger partial charge in [-0.2, -0.15) is 0 Å². The smallest absolute Gasteiger partial charge is 0.338 e. The lowest BCUT2D eigenvalue weighted by atomic mass is 9.95. The molecule has 3 unspecified atom stereocenters. The van der Waals surface area contributed by atoms with Crippen molar-refractivity contribution in [3.8, 4) is 44.5 Å². The van der Waals surface area contributed by atoms with Crippen LogP contribution in [0.3, 0.4) is 0 Å². The van der Waals surface area contributed by atoms with Crippen LogP contribution in [0.15, 0.2) is 109 Å². The molecule has 0 fully saturated rings. The number of benzene rings is 5. The Labute approximate surface area is 427 Å². The Morgan fingerprint density at radius 1 is 0.315 bits per heavy atom. The van der Waals surface area contributed by atoms with E-state index in [0.29, 0.717) is 81.8 Å². The van der Waals surface area contributed by atoms with Gasteiger partial charge >= 0.3 is 23.9 Å². The molecule has 0 aliphatic rings. The van der Waals surface area contributed by atoms with Crippen molar-refractivity contribution in [1.82, 2.24) is 0 Å². The van der Waals surface area contributed by atoms with Crippen LogP contribution in [0.1, 0.15) is 125 Å². The summed E-state index contributed by atoms with van der Waals surface area (Å²) in [6, 6.07) is 33.0. The molecule has 0 heterocycles. The molecule has 5 rings (SSSR count). The minimum Gasteiger partial charge on any atom is -0.462 e. The van der Waals surface area contributed by atoms with Gasteiger partial charge in [-0.05, 0) is 158 Å². The SMILES string of the molecule is O=C(OCCCCCCO)c1cc(C(=O)OCCCCC(O)CO)cc(-c2ccc(-c3ccc(-c4ccc(-c5cc(C(=O)OCCCCC(O)CO)cc(C(=O)OCCCCC(O)CO)c5)cc4)cc3)cc2)c1. The van der Waals surface area contributed by atoms with Crippen LogP contribution in [-0.4, -0.2) is 131 Å². The minimum absolute atomic E-state index is 0.0894. The molecule has 5 aromatic rings. The number of hydrogen-bond acceptors (Lipinski definition) is 15. The predicted molar refractivity (Wildman–Crippen MR) is 276 cm³/mol. The highest BCUT2D eigenvalue weighted by Crippen LogP contribution is 2.31. The molecule has 0 aromatic heterocycles. The first kappa shape index (κ1) is 57.6. The molecule has 392 valence electrons. The van der Waals surface area contributed by atoms with E-state index in [9.17, 15) is 34.5 Å². The Balaban J connectivity index is 1.29. The number of ether oxygens (including phenoxy) is 4. The third-order valence-electron chi connectivity index (χ3n) is 12.2. The van der Waals surface area contributed by atoms with E-state index >= 15 is 0 Å². The summed E-state index contributed by atoms with van der Waals surface area (Å²) < 4.78 is 22.1. The van der Waals surface area contributed by atoms with Crippen LogP contribution in [-0.2, 0) is 18.9 Å². The standard InChI is InChI=1S/C58H70O15/c59-26-6-1-2-7-27-70-55(66)48-31-46(32-49(35-48)56(67)71-28-8-3-11-52(63)37-60)44-22-18-42(19-23-44)40-14-16-41(17-15-40)43-20-24-45(25-21-43)47-33-50(57(68)72-29-9-4-12-53(64)38-61)36-51(34-47)58(69)73-30-10-5-13-54(65)39-62/h14-25,31-36,52-54,59-65H,1-13,26-30,37-39H2. The lowest BCUT2D eigenvalue weighted by molar-refractivity contribution is 0.0466. The van der Waals surface area contributed by atoms with Crippen LogP contribution in [0, 0.1) is 0 Å². The molecule has 0 saturated heterocycles. The monoisotopic (exact) mass is 1010 g/mol. The van der Waals surface area contributed by atoms with Crippen LogP contribution in [0.5, 0.6) is 0 Å². The maximum Gasteiger partial charge on any atom is 0.338 e. The van der Waals surface area contributed by atoms with Crippen molar-refractivity contribution >= 4 is 23.9 Å². The highest BCUT2D eigenvalue weighted by molar-refractivity contribution is 5.99. The summed E-state index contributed by atoms with van der Waals surface area (Å²) in [6.07, 6.45) is 4.69. The average Bonchev–Trinajstić information content (AvgIpc) is 3.42. The fraction of sp³-hybridized carbons (Fsp3) is 0.414. The molecule has 7 N–H and O–H groups in total. The maximum absolute atomic E-state index is 13.2. The number of carbonyl (C=O) groups is 4. The molecule has 0 saturated carbocycles. The lowest BCUT2D eigenvalue weighted by Crippen LogP contribution is -2.13. The number of aliphatic hydroxyl groups is 7. The van der Waals surface area contributed by atoms with Gasteiger partial charge < -0.3 is 54.7 Å². The van der Waals surface area contributed by atoms with E-state index < -0.39 is 42.2 Å². The van der Waals surface area contributed by atoms with Gasteiger partial charge in [0.2, 0.25) is 0 Å². The summed E-state index contributed by atoms with van der Waals surface area (Å²) in [5.74, 6) is -2.42. The third kappa shape index (κ3) is 19.2. The normalized spacial score (nSPS) is 12.4. The molecule has 5 aromatic carbocycles. The predicted octanol–water partition coefficient (Wildman–Crippen LogP) is 8.11. The Hall–Kier alpha value is -6.30. The van der Waals surface area contributed by atoms with E-state index in [2.05, 4.69) is 0 Å². The molecule has 15 nitrogen and oxygen atoms in total. The van der Waals surface area contributed by atoms with E-state index in [-0.39, 0.29) is 75.1 Å². The van der Waals surface area contributed by atoms with Gasteiger partial charge in [0.15, 0.2) is 0 Å². The molecule has 0 aliphatic heterocycles. The van der Waals surface area contributed by atoms with Crippen molar-refractivity contribution in [1.29, 1.82) is 0 Å². The zero-order valence-corrected chi connectivity index (χ0v) is 41.4. The number of rotatable bonds is 32. The molecular weight excluding hydrogens is 937 g/mol. The zero-order chi connectivity index (χ0) is 52.4. The fourth-order valence-electron chi connectivity index (χ4n) is 7.91. The van der Waals surface area contributed by atoms with Crippen molar-refractivity contribution in [3.05, 3.63) is 131 Å². The van der Waals surface area contributed by atoms with Crippen LogP contribution in [0.2, 0.25) is 0 Å². The quantitative estimate of drug-likeness (QED) is 0.0122. The van der Waals surface area contributed by atoms with Crippen molar-refractivity contribution in [2.75, 3.05) is 52.9 Å². The first-order valence-corrected chi connectivity index (χ1v) is 25.2. The van der Waals surface area contributed by atoms with Gasteiger partial charge in [-0.1, -0.05) is 79.2 Å². The second-order valence-corrected chi connectivity index (χ2v) is 18.0. The lowest BCUT2D eigenvalue weighted by Gasteiger charge is -2.12. The van der Waals surface area contributed by atoms with E-state index in [1.54, 1.807) is 24.3 Å². The van der Waals surface area contributed by atoms with Crippen LogP contribution < -0.4 is 0 Å². The number of esters is 4. The maximum atomic E-state index is 13.2. The fourth-order valence-corrected chi connectivity index (χ4v) is 7.91. The zero-order valence-electron chi connectivity index (χ0n) is 41.4. The molecule has 0 amide bonds. The summed E-state index contributed by atoms with van der Waals surface area (Å²) in [4.78, 5) is 52.9. The van der Waals surface area contributed by atoms with E-state index in [1.165, 1.54) is 12.1 Å². The van der Waals surface area contributed by atoms with Crippen molar-refractivity contribution in [2.24, 2.45) is 0 Å². The largest absolute Gasteiger partial charge is 0.462 e. The van der Waals surface area contributed by atoms with Gasteiger partial charge in [-0.25, -0.2) is 19.2 Å². The van der Waals surface area contributed by atoms with Crippen LogP contribution >= 0.6 is 0 Å². The van der Waals surface area contributed by atoms with E-state index in [0.717, 1.165) is 46.2 Å². The Bertz CT molecular complexity index is 2420. The van der Waals surface area contributed by atoms with Gasteiger partial charge in [0.1, 0.15) is 0 Å². The van der Waals surface area contributed by atoms with Crippen molar-refractivity contribution < 1.29 is 73.9 Å². The number of unbranched alkanes of at least 4 members (excludes halogenated alkanes) is 6. The topological polar surface area (TPSA) is 247 Å². The Morgan fingerprint density at radius 2 is 0.548 bits per heavy atom. The molecule has 0 bridgehead atoms. The Kier molecular flexibility index (Phi) is 24.7. The molecular formula is C58H70O15.